The molecule has 2 aliphatic heterocycles. The van der Waals surface area contributed by atoms with Crippen LogP contribution in [0.3, 0.4) is 0 Å². The molecular formula is C29H32F2N6O2. The van der Waals surface area contributed by atoms with Crippen LogP contribution in [0.2, 0.25) is 0 Å². The highest BCUT2D eigenvalue weighted by Crippen LogP contribution is 2.26. The minimum Gasteiger partial charge on any atom is -0.392 e. The molecule has 2 aliphatic rings. The number of hydrogen-bond donors (Lipinski definition) is 2. The van der Waals surface area contributed by atoms with E-state index in [1.54, 1.807) is 17.0 Å². The summed E-state index contributed by atoms with van der Waals surface area (Å²) in [7, 11) is 0. The maximum atomic E-state index is 15.1. The van der Waals surface area contributed by atoms with Crippen LogP contribution in [0, 0.1) is 18.6 Å². The smallest absolute Gasteiger partial charge is 0.229 e. The van der Waals surface area contributed by atoms with Crippen molar-refractivity contribution >= 4 is 22.7 Å². The summed E-state index contributed by atoms with van der Waals surface area (Å²) in [5, 5.41) is 13.9. The fourth-order valence-corrected chi connectivity index (χ4v) is 5.29. The van der Waals surface area contributed by atoms with E-state index in [4.69, 9.17) is 4.74 Å². The maximum Gasteiger partial charge on any atom is 0.229 e. The number of aromatic nitrogens is 3. The summed E-state index contributed by atoms with van der Waals surface area (Å²) >= 11 is 0. The number of likely N-dealkylation sites (tertiary alicyclic amines) is 1. The first kappa shape index (κ1) is 25.8. The van der Waals surface area contributed by atoms with Gasteiger partial charge in [0.15, 0.2) is 0 Å². The Balaban J connectivity index is 1.24. The molecule has 0 saturated carbocycles. The zero-order valence-corrected chi connectivity index (χ0v) is 21.9. The van der Waals surface area contributed by atoms with Crippen molar-refractivity contribution in [2.45, 2.75) is 32.5 Å². The lowest BCUT2D eigenvalue weighted by Gasteiger charge is -2.27. The lowest BCUT2D eigenvalue weighted by Crippen LogP contribution is -2.36. The summed E-state index contributed by atoms with van der Waals surface area (Å²) < 4.78 is 37.2. The van der Waals surface area contributed by atoms with E-state index in [2.05, 4.69) is 39.2 Å². The number of morpholine rings is 1. The fourth-order valence-electron chi connectivity index (χ4n) is 5.29. The Morgan fingerprint density at radius 2 is 1.82 bits per heavy atom. The monoisotopic (exact) mass is 534 g/mol. The Bertz CT molecular complexity index is 1460. The van der Waals surface area contributed by atoms with Crippen LogP contribution in [0.4, 0.5) is 20.4 Å². The molecule has 0 amide bonds. The minimum absolute atomic E-state index is 0.0627. The molecule has 4 aromatic rings. The highest BCUT2D eigenvalue weighted by atomic mass is 19.1. The molecule has 1 atom stereocenters. The van der Waals surface area contributed by atoms with E-state index in [-0.39, 0.29) is 18.2 Å². The predicted octanol–water partition coefficient (Wildman–Crippen LogP) is 4.15. The van der Waals surface area contributed by atoms with Crippen molar-refractivity contribution in [3.63, 3.8) is 0 Å². The third kappa shape index (κ3) is 5.65. The topological polar surface area (TPSA) is 78.7 Å². The summed E-state index contributed by atoms with van der Waals surface area (Å²) in [5.74, 6) is -0.773. The SMILES string of the molecule is Cc1ccc(Nc2ncc3ccn(-c4cc(F)c(CN5CCOCC5)c(F)c4)c3n2)cc1CN1CCC(O)C1. The quantitative estimate of drug-likeness (QED) is 0.369. The van der Waals surface area contributed by atoms with Crippen molar-refractivity contribution in [2.24, 2.45) is 0 Å². The Kier molecular flexibility index (Phi) is 7.26. The molecule has 2 aromatic carbocycles. The number of benzene rings is 2. The van der Waals surface area contributed by atoms with Crippen LogP contribution in [0.1, 0.15) is 23.1 Å². The number of aliphatic hydroxyl groups is 1. The van der Waals surface area contributed by atoms with Gasteiger partial charge in [-0.05, 0) is 54.8 Å². The summed E-state index contributed by atoms with van der Waals surface area (Å²) in [4.78, 5) is 13.4. The number of rotatable bonds is 7. The highest BCUT2D eigenvalue weighted by molar-refractivity contribution is 5.79. The number of fused-ring (bicyclic) bond motifs is 1. The Morgan fingerprint density at radius 1 is 1.03 bits per heavy atom. The number of nitrogens with zero attached hydrogens (tertiary/aromatic N) is 5. The highest BCUT2D eigenvalue weighted by Gasteiger charge is 2.21. The summed E-state index contributed by atoms with van der Waals surface area (Å²) in [6.07, 6.45) is 3.98. The number of nitrogens with one attached hydrogen (secondary N) is 1. The van der Waals surface area contributed by atoms with Crippen molar-refractivity contribution in [3.8, 4) is 5.69 Å². The number of β-amino-alcohol motifs (C(OH)–C–C–N with tert-alkyl or cyclic N) is 1. The molecule has 10 heteroatoms. The average Bonchev–Trinajstić information content (AvgIpc) is 3.54. The van der Waals surface area contributed by atoms with Gasteiger partial charge < -0.3 is 19.7 Å². The molecule has 0 spiro atoms. The third-order valence-corrected chi connectivity index (χ3v) is 7.56. The molecule has 39 heavy (non-hydrogen) atoms. The van der Waals surface area contributed by atoms with Crippen LogP contribution in [-0.2, 0) is 17.8 Å². The second-order valence-electron chi connectivity index (χ2n) is 10.4. The Morgan fingerprint density at radius 3 is 2.56 bits per heavy atom. The van der Waals surface area contributed by atoms with E-state index >= 15 is 8.78 Å². The van der Waals surface area contributed by atoms with Crippen LogP contribution in [0.5, 0.6) is 0 Å². The van der Waals surface area contributed by atoms with E-state index in [0.29, 0.717) is 50.1 Å². The number of aliphatic hydroxyl groups excluding tert-OH is 1. The molecule has 2 N–H and O–H groups in total. The largest absolute Gasteiger partial charge is 0.392 e. The van der Waals surface area contributed by atoms with Gasteiger partial charge in [-0.15, -0.1) is 0 Å². The first-order valence-electron chi connectivity index (χ1n) is 13.3. The molecule has 2 fully saturated rings. The molecule has 2 aromatic heterocycles. The van der Waals surface area contributed by atoms with Crippen molar-refractivity contribution in [3.05, 3.63) is 77.1 Å². The van der Waals surface area contributed by atoms with Gasteiger partial charge in [0.25, 0.3) is 0 Å². The fraction of sp³-hybridized carbons (Fsp3) is 0.379. The maximum absolute atomic E-state index is 15.1. The Labute approximate surface area is 225 Å². The van der Waals surface area contributed by atoms with E-state index < -0.39 is 11.6 Å². The molecule has 6 rings (SSSR count). The molecule has 1 unspecified atom stereocenters. The molecular weight excluding hydrogens is 502 g/mol. The second kappa shape index (κ2) is 11.0. The zero-order chi connectivity index (χ0) is 26.9. The lowest BCUT2D eigenvalue weighted by molar-refractivity contribution is 0.0332. The van der Waals surface area contributed by atoms with Gasteiger partial charge in [0.05, 0.1) is 25.0 Å². The zero-order valence-electron chi connectivity index (χ0n) is 21.9. The molecule has 204 valence electrons. The predicted molar refractivity (Wildman–Crippen MR) is 145 cm³/mol. The van der Waals surface area contributed by atoms with E-state index in [0.717, 1.165) is 30.6 Å². The number of aryl methyl sites for hydroxylation is 1. The number of anilines is 2. The van der Waals surface area contributed by atoms with Crippen LogP contribution < -0.4 is 5.32 Å². The van der Waals surface area contributed by atoms with Crippen LogP contribution in [0.15, 0.2) is 48.8 Å². The lowest BCUT2D eigenvalue weighted by atomic mass is 10.1. The van der Waals surface area contributed by atoms with E-state index in [1.165, 1.54) is 23.3 Å². The van der Waals surface area contributed by atoms with Gasteiger partial charge in [-0.1, -0.05) is 6.07 Å². The molecule has 2 saturated heterocycles. The second-order valence-corrected chi connectivity index (χ2v) is 10.4. The van der Waals surface area contributed by atoms with Gasteiger partial charge in [0.1, 0.15) is 17.3 Å². The van der Waals surface area contributed by atoms with Crippen molar-refractivity contribution < 1.29 is 18.6 Å². The Hall–Kier alpha value is -3.44. The van der Waals surface area contributed by atoms with Gasteiger partial charge in [-0.25, -0.2) is 13.8 Å². The number of hydrogen-bond acceptors (Lipinski definition) is 7. The molecule has 0 aliphatic carbocycles. The summed E-state index contributed by atoms with van der Waals surface area (Å²) in [5.41, 5.74) is 4.16. The molecule has 0 radical (unpaired) electrons. The van der Waals surface area contributed by atoms with Crippen molar-refractivity contribution in [1.82, 2.24) is 24.3 Å². The van der Waals surface area contributed by atoms with Gasteiger partial charge in [0.2, 0.25) is 5.95 Å². The van der Waals surface area contributed by atoms with E-state index in [1.807, 2.05) is 17.0 Å². The molecule has 0 bridgehead atoms. The van der Waals surface area contributed by atoms with Gasteiger partial charge in [0, 0.05) is 68.3 Å². The molecule has 4 heterocycles. The summed E-state index contributed by atoms with van der Waals surface area (Å²) in [6, 6.07) is 10.6. The third-order valence-electron chi connectivity index (χ3n) is 7.56. The first-order chi connectivity index (χ1) is 18.9. The van der Waals surface area contributed by atoms with Crippen LogP contribution >= 0.6 is 0 Å². The average molecular weight is 535 g/mol. The van der Waals surface area contributed by atoms with E-state index in [9.17, 15) is 5.11 Å². The molecule has 8 nitrogen and oxygen atoms in total. The number of halogens is 2. The van der Waals surface area contributed by atoms with Gasteiger partial charge >= 0.3 is 0 Å². The minimum atomic E-state index is -0.580. The van der Waals surface area contributed by atoms with Crippen LogP contribution in [-0.4, -0.2) is 74.9 Å². The van der Waals surface area contributed by atoms with Crippen LogP contribution in [0.25, 0.3) is 16.7 Å². The van der Waals surface area contributed by atoms with Gasteiger partial charge in [-0.2, -0.15) is 4.98 Å². The van der Waals surface area contributed by atoms with Crippen molar-refractivity contribution in [1.29, 1.82) is 0 Å². The number of ether oxygens (including phenoxy) is 1. The van der Waals surface area contributed by atoms with Gasteiger partial charge in [-0.3, -0.25) is 9.80 Å². The normalized spacial score (nSPS) is 18.7. The summed E-state index contributed by atoms with van der Waals surface area (Å²) in [6.45, 7) is 7.05. The standard InChI is InChI=1S/C29H32F2N6O2/c1-19-2-3-22(12-21(19)16-36-6-5-24(38)17-36)33-29-32-15-20-4-7-37(28(20)34-29)23-13-26(30)25(27(31)14-23)18-35-8-10-39-11-9-35/h2-4,7,12-15,24,38H,5-6,8-11,16-18H2,1H3,(H,32,33,34). The first-order valence-corrected chi connectivity index (χ1v) is 13.3. The van der Waals surface area contributed by atoms with Crippen molar-refractivity contribution in [2.75, 3.05) is 44.7 Å².